The van der Waals surface area contributed by atoms with Gasteiger partial charge in [-0.3, -0.25) is 4.79 Å². The van der Waals surface area contributed by atoms with Crippen LogP contribution in [0.3, 0.4) is 0 Å². The number of amides is 1. The van der Waals surface area contributed by atoms with E-state index in [1.54, 1.807) is 0 Å². The van der Waals surface area contributed by atoms with Crippen LogP contribution in [0.5, 0.6) is 0 Å². The number of nitrogens with one attached hydrogen (secondary N) is 1. The quantitative estimate of drug-likeness (QED) is 0.780. The number of carbonyl (C=O) groups is 1. The van der Waals surface area contributed by atoms with Crippen molar-refractivity contribution in [3.05, 3.63) is 35.9 Å². The van der Waals surface area contributed by atoms with E-state index < -0.39 is 0 Å². The molecule has 3 nitrogen and oxygen atoms in total. The van der Waals surface area contributed by atoms with Crippen LogP contribution in [-0.2, 0) is 4.79 Å². The molecule has 17 heavy (non-hydrogen) atoms. The Hall–Kier alpha value is -1.64. The first kappa shape index (κ1) is 11.8. The van der Waals surface area contributed by atoms with Gasteiger partial charge in [0.15, 0.2) is 0 Å². The second-order valence-electron chi connectivity index (χ2n) is 4.55. The van der Waals surface area contributed by atoms with Gasteiger partial charge in [0.05, 0.1) is 0 Å². The predicted octanol–water partition coefficient (Wildman–Crippen LogP) is 2.84. The first-order valence-corrected chi connectivity index (χ1v) is 6.12. The molecule has 0 aromatic heterocycles. The molecular formula is C14H18N2O. The van der Waals surface area contributed by atoms with Crippen LogP contribution in [0.1, 0.15) is 44.1 Å². The molecule has 1 aliphatic carbocycles. The average Bonchev–Trinajstić information content (AvgIpc) is 2.38. The minimum Gasteiger partial charge on any atom is -0.274 e. The van der Waals surface area contributed by atoms with Crippen molar-refractivity contribution in [2.75, 3.05) is 0 Å². The number of benzene rings is 1. The molecule has 0 unspecified atom stereocenters. The monoisotopic (exact) mass is 230 g/mol. The van der Waals surface area contributed by atoms with Crippen LogP contribution in [0.2, 0.25) is 0 Å². The Labute approximate surface area is 102 Å². The summed E-state index contributed by atoms with van der Waals surface area (Å²) in [5.74, 6) is 0.455. The molecular weight excluding hydrogens is 212 g/mol. The van der Waals surface area contributed by atoms with E-state index in [2.05, 4.69) is 34.8 Å². The van der Waals surface area contributed by atoms with E-state index in [1.807, 2.05) is 6.07 Å². The molecule has 1 saturated carbocycles. The summed E-state index contributed by atoms with van der Waals surface area (Å²) in [6.45, 7) is 1.49. The summed E-state index contributed by atoms with van der Waals surface area (Å²) >= 11 is 0. The fourth-order valence-electron chi connectivity index (χ4n) is 2.31. The molecule has 0 aliphatic heterocycles. The number of hydrazone groups is 1. The Bertz CT molecular complexity index is 411. The number of rotatable bonds is 2. The van der Waals surface area contributed by atoms with Crippen molar-refractivity contribution in [3.8, 4) is 0 Å². The Kier molecular flexibility index (Phi) is 3.91. The highest BCUT2D eigenvalue weighted by molar-refractivity contribution is 5.87. The molecule has 1 aromatic rings. The molecule has 1 aliphatic rings. The molecule has 1 fully saturated rings. The smallest absolute Gasteiger partial charge is 0.236 e. The van der Waals surface area contributed by atoms with Crippen molar-refractivity contribution in [1.82, 2.24) is 5.43 Å². The van der Waals surface area contributed by atoms with Gasteiger partial charge in [0.25, 0.3) is 0 Å². The Balaban J connectivity index is 2.02. The minimum atomic E-state index is -0.0978. The van der Waals surface area contributed by atoms with Gasteiger partial charge in [-0.05, 0) is 37.2 Å². The van der Waals surface area contributed by atoms with Gasteiger partial charge < -0.3 is 0 Å². The maximum Gasteiger partial charge on any atom is 0.236 e. The summed E-state index contributed by atoms with van der Waals surface area (Å²) in [4.78, 5) is 10.8. The third-order valence-corrected chi connectivity index (χ3v) is 3.14. The van der Waals surface area contributed by atoms with Crippen molar-refractivity contribution < 1.29 is 4.79 Å². The summed E-state index contributed by atoms with van der Waals surface area (Å²) in [6.07, 6.45) is 4.33. The van der Waals surface area contributed by atoms with Gasteiger partial charge >= 0.3 is 0 Å². The predicted molar refractivity (Wildman–Crippen MR) is 68.9 cm³/mol. The van der Waals surface area contributed by atoms with E-state index in [9.17, 15) is 4.79 Å². The van der Waals surface area contributed by atoms with Gasteiger partial charge in [-0.25, -0.2) is 5.43 Å². The number of hydrogen-bond acceptors (Lipinski definition) is 2. The van der Waals surface area contributed by atoms with Crippen LogP contribution in [-0.4, -0.2) is 11.6 Å². The lowest BCUT2D eigenvalue weighted by Crippen LogP contribution is -2.20. The molecule has 2 rings (SSSR count). The Morgan fingerprint density at radius 3 is 2.82 bits per heavy atom. The summed E-state index contributed by atoms with van der Waals surface area (Å²) in [7, 11) is 0. The zero-order chi connectivity index (χ0) is 12.1. The molecule has 1 aromatic carbocycles. The summed E-state index contributed by atoms with van der Waals surface area (Å²) in [5.41, 5.74) is 5.03. The van der Waals surface area contributed by atoms with E-state index in [-0.39, 0.29) is 5.91 Å². The molecule has 1 atom stereocenters. The SMILES string of the molecule is CC(=O)N/N=C1/CCC[C@@H](c2ccccc2)C1. The first-order chi connectivity index (χ1) is 8.25. The Morgan fingerprint density at radius 1 is 1.35 bits per heavy atom. The molecule has 90 valence electrons. The maximum absolute atomic E-state index is 10.8. The standard InChI is InChI=1S/C14H18N2O/c1-11(17)15-16-14-9-5-8-13(10-14)12-6-3-2-4-7-12/h2-4,6-7,13H,5,8-10H2,1H3,(H,15,17)/b16-14-/t13-/m1/s1. The van der Waals surface area contributed by atoms with E-state index in [0.29, 0.717) is 5.92 Å². The van der Waals surface area contributed by atoms with E-state index in [1.165, 1.54) is 18.9 Å². The number of hydrogen-bond donors (Lipinski definition) is 1. The molecule has 0 bridgehead atoms. The topological polar surface area (TPSA) is 41.5 Å². The average molecular weight is 230 g/mol. The summed E-state index contributed by atoms with van der Waals surface area (Å²) in [5, 5.41) is 4.18. The lowest BCUT2D eigenvalue weighted by Gasteiger charge is -2.23. The minimum absolute atomic E-state index is 0.0978. The number of nitrogens with zero attached hydrogens (tertiary/aromatic N) is 1. The molecule has 1 N–H and O–H groups in total. The first-order valence-electron chi connectivity index (χ1n) is 6.12. The van der Waals surface area contributed by atoms with Crippen LogP contribution in [0.15, 0.2) is 35.4 Å². The third-order valence-electron chi connectivity index (χ3n) is 3.14. The van der Waals surface area contributed by atoms with Gasteiger partial charge in [0.2, 0.25) is 5.91 Å². The lowest BCUT2D eigenvalue weighted by atomic mass is 9.83. The summed E-state index contributed by atoms with van der Waals surface area (Å²) < 4.78 is 0. The highest BCUT2D eigenvalue weighted by Crippen LogP contribution is 2.31. The fourth-order valence-corrected chi connectivity index (χ4v) is 2.31. The highest BCUT2D eigenvalue weighted by Gasteiger charge is 2.19. The zero-order valence-electron chi connectivity index (χ0n) is 10.1. The van der Waals surface area contributed by atoms with Crippen molar-refractivity contribution >= 4 is 11.6 Å². The zero-order valence-corrected chi connectivity index (χ0v) is 10.1. The van der Waals surface area contributed by atoms with Crippen LogP contribution in [0.4, 0.5) is 0 Å². The molecule has 0 saturated heterocycles. The maximum atomic E-state index is 10.8. The van der Waals surface area contributed by atoms with Crippen molar-refractivity contribution in [2.24, 2.45) is 5.10 Å². The lowest BCUT2D eigenvalue weighted by molar-refractivity contribution is -0.118. The van der Waals surface area contributed by atoms with E-state index in [0.717, 1.165) is 25.0 Å². The van der Waals surface area contributed by atoms with Crippen LogP contribution >= 0.6 is 0 Å². The van der Waals surface area contributed by atoms with E-state index in [4.69, 9.17) is 0 Å². The van der Waals surface area contributed by atoms with Gasteiger partial charge in [0, 0.05) is 12.6 Å². The Morgan fingerprint density at radius 2 is 2.12 bits per heavy atom. The second-order valence-corrected chi connectivity index (χ2v) is 4.55. The second kappa shape index (κ2) is 5.62. The van der Waals surface area contributed by atoms with Crippen molar-refractivity contribution in [1.29, 1.82) is 0 Å². The molecule has 0 radical (unpaired) electrons. The van der Waals surface area contributed by atoms with E-state index >= 15 is 0 Å². The van der Waals surface area contributed by atoms with Gasteiger partial charge in [-0.1, -0.05) is 30.3 Å². The summed E-state index contributed by atoms with van der Waals surface area (Å²) in [6, 6.07) is 10.5. The highest BCUT2D eigenvalue weighted by atomic mass is 16.2. The molecule has 1 amide bonds. The van der Waals surface area contributed by atoms with Crippen molar-refractivity contribution in [3.63, 3.8) is 0 Å². The van der Waals surface area contributed by atoms with Crippen LogP contribution in [0, 0.1) is 0 Å². The molecule has 3 heteroatoms. The molecule has 0 heterocycles. The normalized spacial score (nSPS) is 22.4. The fraction of sp³-hybridized carbons (Fsp3) is 0.429. The van der Waals surface area contributed by atoms with Gasteiger partial charge in [0.1, 0.15) is 0 Å². The largest absolute Gasteiger partial charge is 0.274 e. The van der Waals surface area contributed by atoms with Crippen LogP contribution in [0.25, 0.3) is 0 Å². The van der Waals surface area contributed by atoms with Crippen LogP contribution < -0.4 is 5.43 Å². The number of carbonyl (C=O) groups excluding carboxylic acids is 1. The van der Waals surface area contributed by atoms with Gasteiger partial charge in [-0.15, -0.1) is 0 Å². The van der Waals surface area contributed by atoms with Gasteiger partial charge in [-0.2, -0.15) is 5.10 Å². The molecule has 0 spiro atoms. The van der Waals surface area contributed by atoms with Crippen molar-refractivity contribution in [2.45, 2.75) is 38.5 Å². The third kappa shape index (κ3) is 3.41.